The number of ether oxygens (including phenoxy) is 1. The van der Waals surface area contributed by atoms with E-state index in [-0.39, 0.29) is 11.8 Å². The smallest absolute Gasteiger partial charge is 0.228 e. The van der Waals surface area contributed by atoms with Crippen molar-refractivity contribution < 1.29 is 9.53 Å². The SMILES string of the molecule is CCOc1ccc(NC(=O)C2CCCN(Cc3ccc(Cl)cc3Cl)C2)cc1. The Bertz CT molecular complexity index is 780. The van der Waals surface area contributed by atoms with Gasteiger partial charge < -0.3 is 10.1 Å². The normalized spacial score (nSPS) is 17.5. The molecule has 27 heavy (non-hydrogen) atoms. The molecule has 1 atom stereocenters. The molecular formula is C21H24Cl2N2O2. The number of piperidine rings is 1. The lowest BCUT2D eigenvalue weighted by Gasteiger charge is -2.32. The largest absolute Gasteiger partial charge is 0.494 e. The molecule has 1 saturated heterocycles. The minimum Gasteiger partial charge on any atom is -0.494 e. The van der Waals surface area contributed by atoms with Crippen LogP contribution >= 0.6 is 23.2 Å². The minimum atomic E-state index is -0.0311. The van der Waals surface area contributed by atoms with E-state index in [1.807, 2.05) is 43.3 Å². The zero-order valence-corrected chi connectivity index (χ0v) is 16.9. The lowest BCUT2D eigenvalue weighted by Crippen LogP contribution is -2.40. The summed E-state index contributed by atoms with van der Waals surface area (Å²) < 4.78 is 5.43. The Kier molecular flexibility index (Phi) is 7.00. The Labute approximate surface area is 170 Å². The highest BCUT2D eigenvalue weighted by atomic mass is 35.5. The highest BCUT2D eigenvalue weighted by molar-refractivity contribution is 6.35. The van der Waals surface area contributed by atoms with Gasteiger partial charge in [-0.1, -0.05) is 29.3 Å². The maximum absolute atomic E-state index is 12.7. The van der Waals surface area contributed by atoms with Gasteiger partial charge in [-0.3, -0.25) is 9.69 Å². The van der Waals surface area contributed by atoms with Crippen molar-refractivity contribution in [1.82, 2.24) is 4.90 Å². The van der Waals surface area contributed by atoms with Gasteiger partial charge in [0.1, 0.15) is 5.75 Å². The van der Waals surface area contributed by atoms with Gasteiger partial charge in [0.15, 0.2) is 0 Å². The first-order chi connectivity index (χ1) is 13.0. The molecule has 1 unspecified atom stereocenters. The third-order valence-corrected chi connectivity index (χ3v) is 5.31. The number of nitrogens with one attached hydrogen (secondary N) is 1. The van der Waals surface area contributed by atoms with Crippen molar-refractivity contribution in [3.63, 3.8) is 0 Å². The number of carbonyl (C=O) groups excluding carboxylic acids is 1. The molecule has 4 nitrogen and oxygen atoms in total. The zero-order valence-electron chi connectivity index (χ0n) is 15.4. The van der Waals surface area contributed by atoms with Gasteiger partial charge in [0.2, 0.25) is 5.91 Å². The second kappa shape index (κ2) is 9.45. The summed E-state index contributed by atoms with van der Waals surface area (Å²) in [7, 11) is 0. The van der Waals surface area contributed by atoms with Crippen LogP contribution in [-0.4, -0.2) is 30.5 Å². The Hall–Kier alpha value is -1.75. The second-order valence-electron chi connectivity index (χ2n) is 6.76. The van der Waals surface area contributed by atoms with E-state index in [2.05, 4.69) is 10.2 Å². The van der Waals surface area contributed by atoms with Gasteiger partial charge in [-0.15, -0.1) is 0 Å². The number of benzene rings is 2. The molecule has 0 aromatic heterocycles. The summed E-state index contributed by atoms with van der Waals surface area (Å²) in [5.41, 5.74) is 1.83. The molecule has 1 aliphatic heterocycles. The van der Waals surface area contributed by atoms with Gasteiger partial charge in [0.05, 0.1) is 12.5 Å². The van der Waals surface area contributed by atoms with Gasteiger partial charge in [-0.2, -0.15) is 0 Å². The maximum atomic E-state index is 12.7. The molecule has 1 N–H and O–H groups in total. The molecule has 2 aromatic rings. The fraction of sp³-hybridized carbons (Fsp3) is 0.381. The lowest BCUT2D eigenvalue weighted by atomic mass is 9.96. The van der Waals surface area contributed by atoms with Gasteiger partial charge in [0.25, 0.3) is 0 Å². The van der Waals surface area contributed by atoms with Gasteiger partial charge >= 0.3 is 0 Å². The summed E-state index contributed by atoms with van der Waals surface area (Å²) in [6.45, 7) is 4.99. The molecule has 1 aliphatic rings. The number of hydrogen-bond donors (Lipinski definition) is 1. The minimum absolute atomic E-state index is 0.0311. The van der Waals surface area contributed by atoms with Crippen LogP contribution in [0.1, 0.15) is 25.3 Å². The van der Waals surface area contributed by atoms with E-state index in [0.29, 0.717) is 16.7 Å². The van der Waals surface area contributed by atoms with Gasteiger partial charge in [-0.25, -0.2) is 0 Å². The molecule has 0 spiro atoms. The average Bonchev–Trinajstić information content (AvgIpc) is 2.66. The summed E-state index contributed by atoms with van der Waals surface area (Å²) in [5, 5.41) is 4.32. The number of likely N-dealkylation sites (tertiary alicyclic amines) is 1. The van der Waals surface area contributed by atoms with E-state index >= 15 is 0 Å². The van der Waals surface area contributed by atoms with Crippen LogP contribution in [0.3, 0.4) is 0 Å². The van der Waals surface area contributed by atoms with E-state index in [1.165, 1.54) is 0 Å². The number of amides is 1. The number of hydrogen-bond acceptors (Lipinski definition) is 3. The number of halogens is 2. The molecule has 1 fully saturated rings. The first kappa shape index (κ1) is 20.0. The summed E-state index contributed by atoms with van der Waals surface area (Å²) in [6.07, 6.45) is 1.89. The van der Waals surface area contributed by atoms with Crippen LogP contribution in [-0.2, 0) is 11.3 Å². The quantitative estimate of drug-likeness (QED) is 0.712. The maximum Gasteiger partial charge on any atom is 0.228 e. The summed E-state index contributed by atoms with van der Waals surface area (Å²) >= 11 is 12.3. The first-order valence-corrected chi connectivity index (χ1v) is 10.0. The van der Waals surface area contributed by atoms with Crippen LogP contribution in [0.4, 0.5) is 5.69 Å². The van der Waals surface area contributed by atoms with Gasteiger partial charge in [0, 0.05) is 28.8 Å². The molecule has 2 aromatic carbocycles. The molecule has 0 radical (unpaired) electrons. The third-order valence-electron chi connectivity index (χ3n) is 4.72. The number of carbonyl (C=O) groups is 1. The Morgan fingerprint density at radius 1 is 1.22 bits per heavy atom. The van der Waals surface area contributed by atoms with Crippen LogP contribution in [0, 0.1) is 5.92 Å². The first-order valence-electron chi connectivity index (χ1n) is 9.25. The number of anilines is 1. The number of rotatable bonds is 6. The molecule has 1 heterocycles. The van der Waals surface area contributed by atoms with Crippen LogP contribution in [0.2, 0.25) is 10.0 Å². The standard InChI is InChI=1S/C21H24Cl2N2O2/c1-2-27-19-9-7-18(8-10-19)24-21(26)16-4-3-11-25(14-16)13-15-5-6-17(22)12-20(15)23/h5-10,12,16H,2-4,11,13-14H2,1H3,(H,24,26). The second-order valence-corrected chi connectivity index (χ2v) is 7.60. The zero-order chi connectivity index (χ0) is 19.2. The highest BCUT2D eigenvalue weighted by Crippen LogP contribution is 2.25. The van der Waals surface area contributed by atoms with Crippen molar-refractivity contribution in [3.05, 3.63) is 58.1 Å². The summed E-state index contributed by atoms with van der Waals surface area (Å²) in [5.74, 6) is 0.835. The molecule has 3 rings (SSSR count). The Balaban J connectivity index is 1.57. The van der Waals surface area contributed by atoms with Crippen molar-refractivity contribution in [2.24, 2.45) is 5.92 Å². The van der Waals surface area contributed by atoms with Crippen LogP contribution < -0.4 is 10.1 Å². The summed E-state index contributed by atoms with van der Waals surface area (Å²) in [4.78, 5) is 15.0. The van der Waals surface area contributed by atoms with E-state index < -0.39 is 0 Å². The van der Waals surface area contributed by atoms with Crippen molar-refractivity contribution in [1.29, 1.82) is 0 Å². The van der Waals surface area contributed by atoms with Crippen LogP contribution in [0.15, 0.2) is 42.5 Å². The predicted octanol–water partition coefficient (Wildman–Crippen LogP) is 5.24. The highest BCUT2D eigenvalue weighted by Gasteiger charge is 2.26. The molecule has 0 bridgehead atoms. The molecular weight excluding hydrogens is 383 g/mol. The van der Waals surface area contributed by atoms with E-state index in [9.17, 15) is 4.79 Å². The topological polar surface area (TPSA) is 41.6 Å². The molecule has 144 valence electrons. The molecule has 0 saturated carbocycles. The Morgan fingerprint density at radius 3 is 2.70 bits per heavy atom. The average molecular weight is 407 g/mol. The van der Waals surface area contributed by atoms with Crippen molar-refractivity contribution in [2.45, 2.75) is 26.3 Å². The van der Waals surface area contributed by atoms with Crippen molar-refractivity contribution >= 4 is 34.8 Å². The third kappa shape index (κ3) is 5.61. The fourth-order valence-electron chi connectivity index (χ4n) is 3.35. The monoisotopic (exact) mass is 406 g/mol. The molecule has 0 aliphatic carbocycles. The summed E-state index contributed by atoms with van der Waals surface area (Å²) in [6, 6.07) is 13.0. The van der Waals surface area contributed by atoms with Crippen LogP contribution in [0.5, 0.6) is 5.75 Å². The lowest BCUT2D eigenvalue weighted by molar-refractivity contribution is -0.121. The Morgan fingerprint density at radius 2 is 2.00 bits per heavy atom. The number of nitrogens with zero attached hydrogens (tertiary/aromatic N) is 1. The van der Waals surface area contributed by atoms with E-state index in [4.69, 9.17) is 27.9 Å². The van der Waals surface area contributed by atoms with E-state index in [1.54, 1.807) is 6.07 Å². The van der Waals surface area contributed by atoms with E-state index in [0.717, 1.165) is 49.5 Å². The van der Waals surface area contributed by atoms with Crippen molar-refractivity contribution in [2.75, 3.05) is 25.0 Å². The van der Waals surface area contributed by atoms with Crippen molar-refractivity contribution in [3.8, 4) is 5.75 Å². The molecule has 1 amide bonds. The fourth-order valence-corrected chi connectivity index (χ4v) is 3.82. The predicted molar refractivity (Wildman–Crippen MR) is 111 cm³/mol. The molecule has 6 heteroatoms. The van der Waals surface area contributed by atoms with Crippen LogP contribution in [0.25, 0.3) is 0 Å². The van der Waals surface area contributed by atoms with Gasteiger partial charge in [-0.05, 0) is 68.3 Å².